The van der Waals surface area contributed by atoms with Gasteiger partial charge in [0.15, 0.2) is 5.11 Å². The van der Waals surface area contributed by atoms with Gasteiger partial charge in [-0.05, 0) is 98.4 Å². The van der Waals surface area contributed by atoms with Crippen LogP contribution in [0.25, 0.3) is 0 Å². The number of hydrogen-bond donors (Lipinski definition) is 1. The van der Waals surface area contributed by atoms with Gasteiger partial charge in [-0.15, -0.1) is 0 Å². The first-order valence-electron chi connectivity index (χ1n) is 14.0. The van der Waals surface area contributed by atoms with Crippen LogP contribution in [0, 0.1) is 19.8 Å². The minimum Gasteiger partial charge on any atom is -0.370 e. The highest BCUT2D eigenvalue weighted by molar-refractivity contribution is 7.80. The predicted octanol–water partition coefficient (Wildman–Crippen LogP) is 7.01. The smallest absolute Gasteiger partial charge is 0.174 e. The molecule has 0 unspecified atom stereocenters. The molecule has 2 saturated heterocycles. The topological polar surface area (TPSA) is 49.2 Å². The molecule has 1 N–H and O–H groups in total. The van der Waals surface area contributed by atoms with Gasteiger partial charge >= 0.3 is 0 Å². The maximum atomic E-state index is 6.97. The Labute approximate surface area is 247 Å². The molecule has 0 bridgehead atoms. The number of aromatic nitrogens is 3. The lowest BCUT2D eigenvalue weighted by Gasteiger charge is -2.33. The van der Waals surface area contributed by atoms with E-state index < -0.39 is 0 Å². The summed E-state index contributed by atoms with van der Waals surface area (Å²) in [5.41, 5.74) is 7.83. The summed E-state index contributed by atoms with van der Waals surface area (Å²) in [6, 6.07) is 18.6. The molecule has 2 aliphatic rings. The first-order chi connectivity index (χ1) is 19.4. The number of benzene rings is 1. The number of thiocarbonyl (C=S) groups is 1. The van der Waals surface area contributed by atoms with Crippen LogP contribution in [-0.2, 0) is 6.54 Å². The van der Waals surface area contributed by atoms with Gasteiger partial charge in [-0.2, -0.15) is 0 Å². The molecule has 206 valence electrons. The van der Waals surface area contributed by atoms with Crippen molar-refractivity contribution in [2.75, 3.05) is 22.9 Å². The largest absolute Gasteiger partial charge is 0.370 e. The summed E-state index contributed by atoms with van der Waals surface area (Å²) in [5, 5.41) is 5.03. The second kappa shape index (κ2) is 11.2. The molecule has 0 saturated carbocycles. The molecule has 4 aromatic rings. The fraction of sp³-hybridized carbons (Fsp3) is 0.344. The van der Waals surface area contributed by atoms with Crippen LogP contribution in [0.2, 0.25) is 5.02 Å². The molecule has 2 aliphatic heterocycles. The van der Waals surface area contributed by atoms with Crippen LogP contribution < -0.4 is 15.1 Å². The van der Waals surface area contributed by atoms with E-state index in [0.29, 0.717) is 5.11 Å². The zero-order valence-corrected chi connectivity index (χ0v) is 24.8. The van der Waals surface area contributed by atoms with E-state index in [-0.39, 0.29) is 12.1 Å². The van der Waals surface area contributed by atoms with Crippen LogP contribution >= 0.6 is 23.8 Å². The van der Waals surface area contributed by atoms with E-state index in [2.05, 4.69) is 81.8 Å². The third-order valence-corrected chi connectivity index (χ3v) is 9.04. The molecule has 40 heavy (non-hydrogen) atoms. The van der Waals surface area contributed by atoms with E-state index in [9.17, 15) is 0 Å². The van der Waals surface area contributed by atoms with Crippen LogP contribution in [0.4, 0.5) is 11.4 Å². The van der Waals surface area contributed by atoms with E-state index in [0.717, 1.165) is 47.6 Å². The molecule has 2 atom stereocenters. The minimum atomic E-state index is -0.108. The fourth-order valence-electron chi connectivity index (χ4n) is 6.15. The lowest BCUT2D eigenvalue weighted by molar-refractivity contribution is 0.438. The summed E-state index contributed by atoms with van der Waals surface area (Å²) in [7, 11) is 0. The van der Waals surface area contributed by atoms with Crippen LogP contribution in [0.3, 0.4) is 0 Å². The van der Waals surface area contributed by atoms with Crippen LogP contribution in [-0.4, -0.2) is 32.7 Å². The highest BCUT2D eigenvalue weighted by atomic mass is 35.5. The number of nitrogens with one attached hydrogen (secondary N) is 1. The summed E-state index contributed by atoms with van der Waals surface area (Å²) in [4.78, 5) is 13.7. The molecular formula is C32H35ClN6S. The number of aryl methyl sites for hydroxylation is 1. The molecule has 3 aromatic heterocycles. The second-order valence-electron chi connectivity index (χ2n) is 11.1. The fourth-order valence-corrected chi connectivity index (χ4v) is 6.79. The molecule has 5 heterocycles. The van der Waals surface area contributed by atoms with Crippen molar-refractivity contribution < 1.29 is 0 Å². The van der Waals surface area contributed by atoms with E-state index >= 15 is 0 Å². The number of rotatable bonds is 6. The normalized spacial score (nSPS) is 19.8. The van der Waals surface area contributed by atoms with E-state index in [4.69, 9.17) is 28.8 Å². The van der Waals surface area contributed by atoms with Gasteiger partial charge in [0.25, 0.3) is 0 Å². The average molecular weight is 571 g/mol. The summed E-state index contributed by atoms with van der Waals surface area (Å²) in [5.74, 6) is 0.767. The van der Waals surface area contributed by atoms with Gasteiger partial charge in [-0.25, -0.2) is 0 Å². The number of pyridine rings is 2. The maximum absolute atomic E-state index is 6.97. The van der Waals surface area contributed by atoms with Crippen molar-refractivity contribution in [1.29, 1.82) is 0 Å². The minimum absolute atomic E-state index is 0.0889. The Kier molecular flexibility index (Phi) is 7.51. The van der Waals surface area contributed by atoms with E-state index in [1.165, 1.54) is 35.4 Å². The van der Waals surface area contributed by atoms with Gasteiger partial charge in [0, 0.05) is 55.3 Å². The van der Waals surface area contributed by atoms with Gasteiger partial charge in [0.05, 0.1) is 28.5 Å². The van der Waals surface area contributed by atoms with Crippen LogP contribution in [0.1, 0.15) is 60.1 Å². The Morgan fingerprint density at radius 2 is 1.85 bits per heavy atom. The lowest BCUT2D eigenvalue weighted by Crippen LogP contribution is -2.33. The Morgan fingerprint density at radius 1 is 1.02 bits per heavy atom. The summed E-state index contributed by atoms with van der Waals surface area (Å²) in [6.45, 7) is 9.53. The Balaban J connectivity index is 1.40. The van der Waals surface area contributed by atoms with Crippen molar-refractivity contribution in [3.63, 3.8) is 0 Å². The van der Waals surface area contributed by atoms with Gasteiger partial charge in [-0.3, -0.25) is 9.97 Å². The molecular weight excluding hydrogens is 536 g/mol. The van der Waals surface area contributed by atoms with Gasteiger partial charge in [0.1, 0.15) is 0 Å². The van der Waals surface area contributed by atoms with Crippen molar-refractivity contribution in [3.8, 4) is 0 Å². The van der Waals surface area contributed by atoms with Gasteiger partial charge < -0.3 is 19.7 Å². The standard InChI is InChI=1S/C32H35ClN6S/c1-21-11-15-37(16-12-21)29-10-9-25(18-27(29)33)39-31(30(36-32(39)40)28-8-4-5-14-35-28)26-17-22(2)38(23(26)3)20-24-7-6-13-34-19-24/h4-10,13-14,17-19,21,30-31H,11-12,15-16,20H2,1-3H3,(H,36,40)/t30-,31-/m0/s1. The molecule has 0 aliphatic carbocycles. The van der Waals surface area contributed by atoms with Crippen molar-refractivity contribution in [2.24, 2.45) is 5.92 Å². The Bertz CT molecular complexity index is 1500. The Morgan fingerprint density at radius 3 is 2.55 bits per heavy atom. The average Bonchev–Trinajstić information content (AvgIpc) is 3.45. The number of nitrogens with zero attached hydrogens (tertiary/aromatic N) is 5. The SMILES string of the molecule is Cc1cc([C@H]2[C@H](c3ccccn3)NC(=S)N2c2ccc(N3CCC(C)CC3)c(Cl)c2)c(C)n1Cc1cccnc1. The third kappa shape index (κ3) is 5.08. The zero-order chi connectivity index (χ0) is 27.8. The number of piperidine rings is 1. The third-order valence-electron chi connectivity index (χ3n) is 8.43. The number of anilines is 2. The monoisotopic (exact) mass is 570 g/mol. The van der Waals surface area contributed by atoms with Gasteiger partial charge in [0.2, 0.25) is 0 Å². The van der Waals surface area contributed by atoms with Gasteiger partial charge in [-0.1, -0.05) is 30.7 Å². The lowest BCUT2D eigenvalue weighted by atomic mass is 9.96. The van der Waals surface area contributed by atoms with E-state index in [1.807, 2.05) is 36.8 Å². The van der Waals surface area contributed by atoms with Crippen LogP contribution in [0.15, 0.2) is 73.2 Å². The molecule has 6 rings (SSSR count). The van der Waals surface area contributed by atoms with Crippen LogP contribution in [0.5, 0.6) is 0 Å². The van der Waals surface area contributed by atoms with Crippen molar-refractivity contribution >= 4 is 40.3 Å². The molecule has 0 radical (unpaired) electrons. The van der Waals surface area contributed by atoms with Crippen molar-refractivity contribution in [3.05, 3.63) is 106 Å². The first-order valence-corrected chi connectivity index (χ1v) is 14.8. The zero-order valence-electron chi connectivity index (χ0n) is 23.2. The molecule has 8 heteroatoms. The highest BCUT2D eigenvalue weighted by Gasteiger charge is 2.42. The van der Waals surface area contributed by atoms with Crippen molar-refractivity contribution in [2.45, 2.75) is 52.2 Å². The van der Waals surface area contributed by atoms with E-state index in [1.54, 1.807) is 0 Å². The highest BCUT2D eigenvalue weighted by Crippen LogP contribution is 2.45. The molecule has 1 aromatic carbocycles. The quantitative estimate of drug-likeness (QED) is 0.252. The molecule has 2 fully saturated rings. The number of halogens is 1. The molecule has 0 amide bonds. The number of hydrogen-bond acceptors (Lipinski definition) is 4. The molecule has 0 spiro atoms. The maximum Gasteiger partial charge on any atom is 0.174 e. The molecule has 6 nitrogen and oxygen atoms in total. The van der Waals surface area contributed by atoms with Crippen molar-refractivity contribution in [1.82, 2.24) is 19.9 Å². The summed E-state index contributed by atoms with van der Waals surface area (Å²) >= 11 is 13.0. The summed E-state index contributed by atoms with van der Waals surface area (Å²) in [6.07, 6.45) is 7.98. The Hall–Kier alpha value is -3.42. The first kappa shape index (κ1) is 26.8. The summed E-state index contributed by atoms with van der Waals surface area (Å²) < 4.78 is 2.36. The predicted molar refractivity (Wildman–Crippen MR) is 167 cm³/mol. The second-order valence-corrected chi connectivity index (χ2v) is 11.9.